The topological polar surface area (TPSA) is 95.3 Å². The van der Waals surface area contributed by atoms with Gasteiger partial charge in [0.15, 0.2) is 17.3 Å². The highest BCUT2D eigenvalue weighted by Gasteiger charge is 2.14. The van der Waals surface area contributed by atoms with Gasteiger partial charge in [0.05, 0.1) is 21.3 Å². The Morgan fingerprint density at radius 3 is 2.29 bits per heavy atom. The van der Waals surface area contributed by atoms with E-state index in [-0.39, 0.29) is 0 Å². The fraction of sp³-hybridized carbons (Fsp3) is 0.250. The Morgan fingerprint density at radius 1 is 0.893 bits per heavy atom. The number of ether oxygens (including phenoxy) is 3. The van der Waals surface area contributed by atoms with E-state index in [1.54, 1.807) is 21.3 Å². The second kappa shape index (κ2) is 7.59. The number of hydrogen-bond donors (Lipinski definition) is 1. The highest BCUT2D eigenvalue weighted by Crippen LogP contribution is 2.38. The molecule has 0 unspecified atom stereocenters. The van der Waals surface area contributed by atoms with Crippen LogP contribution in [0, 0.1) is 0 Å². The Balaban J connectivity index is 1.55. The molecule has 0 amide bonds. The summed E-state index contributed by atoms with van der Waals surface area (Å²) >= 11 is 0. The molecule has 0 aliphatic heterocycles. The predicted octanol–water partition coefficient (Wildman–Crippen LogP) is 3.42. The van der Waals surface area contributed by atoms with Gasteiger partial charge in [0.1, 0.15) is 5.58 Å². The van der Waals surface area contributed by atoms with Crippen LogP contribution in [0.1, 0.15) is 11.1 Å². The SMILES string of the molecule is COc1cc(CCc2ccc3cc(-c4nn[nH]n4)oc3c2)cc(OC)c1OC. The number of aromatic amines is 1. The van der Waals surface area contributed by atoms with E-state index < -0.39 is 0 Å². The zero-order valence-corrected chi connectivity index (χ0v) is 15.9. The second-order valence-corrected chi connectivity index (χ2v) is 6.25. The number of fused-ring (bicyclic) bond motifs is 1. The number of methoxy groups -OCH3 is 3. The first kappa shape index (κ1) is 17.8. The fourth-order valence-corrected chi connectivity index (χ4v) is 3.18. The van der Waals surface area contributed by atoms with Gasteiger partial charge in [0.25, 0.3) is 0 Å². The summed E-state index contributed by atoms with van der Waals surface area (Å²) in [7, 11) is 4.84. The van der Waals surface area contributed by atoms with Crippen LogP contribution in [-0.4, -0.2) is 42.0 Å². The first-order valence-electron chi connectivity index (χ1n) is 8.77. The van der Waals surface area contributed by atoms with Gasteiger partial charge in [0.2, 0.25) is 11.6 Å². The lowest BCUT2D eigenvalue weighted by Gasteiger charge is -2.14. The number of H-pyrrole nitrogens is 1. The lowest BCUT2D eigenvalue weighted by molar-refractivity contribution is 0.324. The van der Waals surface area contributed by atoms with Crippen LogP contribution < -0.4 is 14.2 Å². The molecule has 2 heterocycles. The van der Waals surface area contributed by atoms with Gasteiger partial charge >= 0.3 is 0 Å². The maximum atomic E-state index is 5.87. The number of nitrogens with one attached hydrogen (secondary N) is 1. The summed E-state index contributed by atoms with van der Waals surface area (Å²) in [6.45, 7) is 0. The Kier molecular flexibility index (Phi) is 4.84. The quantitative estimate of drug-likeness (QED) is 0.525. The Bertz CT molecular complexity index is 1060. The fourth-order valence-electron chi connectivity index (χ4n) is 3.18. The van der Waals surface area contributed by atoms with Gasteiger partial charge < -0.3 is 18.6 Å². The van der Waals surface area contributed by atoms with E-state index in [4.69, 9.17) is 18.6 Å². The molecule has 0 atom stereocenters. The number of aromatic nitrogens is 4. The molecule has 0 saturated carbocycles. The van der Waals surface area contributed by atoms with Crippen LogP contribution in [0.5, 0.6) is 17.2 Å². The molecule has 4 rings (SSSR count). The highest BCUT2D eigenvalue weighted by molar-refractivity contribution is 5.82. The van der Waals surface area contributed by atoms with Crippen LogP contribution in [0.25, 0.3) is 22.6 Å². The van der Waals surface area contributed by atoms with Crippen molar-refractivity contribution < 1.29 is 18.6 Å². The first-order chi connectivity index (χ1) is 13.7. The summed E-state index contributed by atoms with van der Waals surface area (Å²) in [5.41, 5.74) is 3.05. The van der Waals surface area contributed by atoms with Crippen LogP contribution in [0.4, 0.5) is 0 Å². The van der Waals surface area contributed by atoms with E-state index in [1.807, 2.05) is 30.3 Å². The Hall–Kier alpha value is -3.55. The van der Waals surface area contributed by atoms with E-state index in [0.29, 0.717) is 28.8 Å². The molecular formula is C20H20N4O4. The van der Waals surface area contributed by atoms with E-state index >= 15 is 0 Å². The lowest BCUT2D eigenvalue weighted by Crippen LogP contribution is -1.98. The van der Waals surface area contributed by atoms with E-state index in [9.17, 15) is 0 Å². The molecule has 2 aromatic heterocycles. The van der Waals surface area contributed by atoms with E-state index in [1.165, 1.54) is 0 Å². The summed E-state index contributed by atoms with van der Waals surface area (Å²) in [5, 5.41) is 14.9. The van der Waals surface area contributed by atoms with E-state index in [0.717, 1.165) is 34.9 Å². The minimum absolute atomic E-state index is 0.440. The molecule has 0 radical (unpaired) electrons. The van der Waals surface area contributed by atoms with Crippen molar-refractivity contribution >= 4 is 11.0 Å². The van der Waals surface area contributed by atoms with Crippen molar-refractivity contribution in [1.29, 1.82) is 0 Å². The summed E-state index contributed by atoms with van der Waals surface area (Å²) in [6.07, 6.45) is 1.66. The Labute approximate surface area is 161 Å². The van der Waals surface area contributed by atoms with E-state index in [2.05, 4.69) is 26.7 Å². The van der Waals surface area contributed by atoms with Crippen molar-refractivity contribution in [3.05, 3.63) is 47.5 Å². The zero-order valence-electron chi connectivity index (χ0n) is 15.9. The summed E-state index contributed by atoms with van der Waals surface area (Å²) in [6, 6.07) is 12.0. The number of nitrogens with zero attached hydrogens (tertiary/aromatic N) is 3. The lowest BCUT2D eigenvalue weighted by atomic mass is 10.0. The smallest absolute Gasteiger partial charge is 0.239 e. The third-order valence-corrected chi connectivity index (χ3v) is 4.58. The minimum Gasteiger partial charge on any atom is -0.493 e. The number of aryl methyl sites for hydroxylation is 2. The Morgan fingerprint density at radius 2 is 1.64 bits per heavy atom. The van der Waals surface area contributed by atoms with Crippen molar-refractivity contribution in [2.24, 2.45) is 0 Å². The summed E-state index contributed by atoms with van der Waals surface area (Å²) in [5.74, 6) is 2.94. The zero-order chi connectivity index (χ0) is 19.5. The molecular weight excluding hydrogens is 360 g/mol. The van der Waals surface area contributed by atoms with Crippen molar-refractivity contribution in [3.8, 4) is 28.8 Å². The number of tetrazole rings is 1. The normalized spacial score (nSPS) is 11.0. The van der Waals surface area contributed by atoms with Crippen molar-refractivity contribution in [2.75, 3.05) is 21.3 Å². The van der Waals surface area contributed by atoms with Gasteiger partial charge in [-0.2, -0.15) is 5.21 Å². The van der Waals surface area contributed by atoms with Crippen LogP contribution in [0.2, 0.25) is 0 Å². The first-order valence-corrected chi connectivity index (χ1v) is 8.77. The van der Waals surface area contributed by atoms with Crippen molar-refractivity contribution in [1.82, 2.24) is 20.6 Å². The van der Waals surface area contributed by atoms with Gasteiger partial charge in [-0.3, -0.25) is 0 Å². The number of rotatable bonds is 7. The monoisotopic (exact) mass is 380 g/mol. The second-order valence-electron chi connectivity index (χ2n) is 6.25. The molecule has 0 spiro atoms. The molecule has 0 bridgehead atoms. The van der Waals surface area contributed by atoms with Crippen molar-refractivity contribution in [3.63, 3.8) is 0 Å². The van der Waals surface area contributed by atoms with Gasteiger partial charge in [0, 0.05) is 5.39 Å². The number of hydrogen-bond acceptors (Lipinski definition) is 7. The third-order valence-electron chi connectivity index (χ3n) is 4.58. The molecule has 0 aliphatic carbocycles. The molecule has 8 heteroatoms. The van der Waals surface area contributed by atoms with Crippen LogP contribution in [-0.2, 0) is 12.8 Å². The van der Waals surface area contributed by atoms with Gasteiger partial charge in [-0.05, 0) is 53.4 Å². The molecule has 28 heavy (non-hydrogen) atoms. The molecule has 4 aromatic rings. The molecule has 1 N–H and O–H groups in total. The summed E-state index contributed by atoms with van der Waals surface area (Å²) in [4.78, 5) is 0. The summed E-state index contributed by atoms with van der Waals surface area (Å²) < 4.78 is 22.1. The molecule has 8 nitrogen and oxygen atoms in total. The maximum absolute atomic E-state index is 5.87. The molecule has 0 saturated heterocycles. The molecule has 0 fully saturated rings. The van der Waals surface area contributed by atoms with Gasteiger partial charge in [-0.1, -0.05) is 12.1 Å². The highest BCUT2D eigenvalue weighted by atomic mass is 16.5. The van der Waals surface area contributed by atoms with Gasteiger partial charge in [-0.25, -0.2) is 0 Å². The molecule has 144 valence electrons. The van der Waals surface area contributed by atoms with Crippen LogP contribution in [0.3, 0.4) is 0 Å². The number of benzene rings is 2. The standard InChI is InChI=1S/C20H20N4O4/c1-25-16-9-13(10-17(26-2)19(16)27-3)5-4-12-6-7-14-11-18(28-15(14)8-12)20-21-23-24-22-20/h6-11H,4-5H2,1-3H3,(H,21,22,23,24). The minimum atomic E-state index is 0.440. The predicted molar refractivity (Wildman–Crippen MR) is 103 cm³/mol. The third kappa shape index (κ3) is 3.36. The van der Waals surface area contributed by atoms with Gasteiger partial charge in [-0.15, -0.1) is 10.2 Å². The molecule has 0 aliphatic rings. The van der Waals surface area contributed by atoms with Crippen molar-refractivity contribution in [2.45, 2.75) is 12.8 Å². The average molecular weight is 380 g/mol. The number of furan rings is 1. The van der Waals surface area contributed by atoms with Crippen LogP contribution >= 0.6 is 0 Å². The largest absolute Gasteiger partial charge is 0.493 e. The molecule has 2 aromatic carbocycles. The van der Waals surface area contributed by atoms with Crippen LogP contribution in [0.15, 0.2) is 40.8 Å². The average Bonchev–Trinajstić information content (AvgIpc) is 3.40. The maximum Gasteiger partial charge on any atom is 0.239 e.